The Kier molecular flexibility index (Phi) is 4.74. The zero-order valence-electron chi connectivity index (χ0n) is 10.9. The minimum Gasteiger partial charge on any atom is -0.341 e. The number of hydrogen-bond donors (Lipinski definition) is 1. The minimum atomic E-state index is 0.348. The van der Waals surface area contributed by atoms with E-state index in [0.717, 1.165) is 37.8 Å². The molecule has 2 unspecified atom stereocenters. The second-order valence-corrected chi connectivity index (χ2v) is 6.81. The van der Waals surface area contributed by atoms with E-state index in [-0.39, 0.29) is 0 Å². The highest BCUT2D eigenvalue weighted by atomic mass is 32.2. The van der Waals surface area contributed by atoms with E-state index in [1.807, 2.05) is 11.8 Å². The summed E-state index contributed by atoms with van der Waals surface area (Å²) in [5, 5.41) is 3.27. The summed E-state index contributed by atoms with van der Waals surface area (Å²) < 4.78 is 0. The maximum absolute atomic E-state index is 12.1. The van der Waals surface area contributed by atoms with Crippen molar-refractivity contribution >= 4 is 17.7 Å². The Morgan fingerprint density at radius 2 is 1.94 bits per heavy atom. The van der Waals surface area contributed by atoms with Crippen LogP contribution in [-0.2, 0) is 4.79 Å². The Hall–Kier alpha value is -0.220. The normalized spacial score (nSPS) is 30.1. The molecule has 2 fully saturated rings. The summed E-state index contributed by atoms with van der Waals surface area (Å²) in [5.41, 5.74) is 0. The van der Waals surface area contributed by atoms with E-state index in [2.05, 4.69) is 24.1 Å². The lowest BCUT2D eigenvalue weighted by Crippen LogP contribution is -2.45. The number of nitrogens with zero attached hydrogens (tertiary/aromatic N) is 1. The van der Waals surface area contributed by atoms with E-state index in [4.69, 9.17) is 0 Å². The van der Waals surface area contributed by atoms with Crippen LogP contribution in [0.3, 0.4) is 0 Å². The van der Waals surface area contributed by atoms with E-state index in [1.165, 1.54) is 6.42 Å². The molecule has 0 radical (unpaired) electrons. The van der Waals surface area contributed by atoms with Crippen molar-refractivity contribution in [2.45, 2.75) is 20.3 Å². The highest BCUT2D eigenvalue weighted by molar-refractivity contribution is 7.99. The van der Waals surface area contributed by atoms with Crippen molar-refractivity contribution in [3.63, 3.8) is 0 Å². The number of piperidine rings is 1. The molecule has 3 nitrogen and oxygen atoms in total. The predicted octanol–water partition coefficient (Wildman–Crippen LogP) is 1.44. The zero-order chi connectivity index (χ0) is 12.3. The Bertz CT molecular complexity index is 258. The highest BCUT2D eigenvalue weighted by Gasteiger charge is 2.25. The average Bonchev–Trinajstić information content (AvgIpc) is 2.20. The third-order valence-electron chi connectivity index (χ3n) is 3.67. The molecule has 0 aliphatic carbocycles. The molecule has 0 aromatic carbocycles. The topological polar surface area (TPSA) is 32.3 Å². The first-order valence-electron chi connectivity index (χ1n) is 6.71. The van der Waals surface area contributed by atoms with Gasteiger partial charge in [-0.05, 0) is 43.0 Å². The van der Waals surface area contributed by atoms with Gasteiger partial charge in [0, 0.05) is 13.1 Å². The first-order valence-corrected chi connectivity index (χ1v) is 7.87. The molecule has 4 heteroatoms. The fourth-order valence-corrected chi connectivity index (χ4v) is 3.78. The molecule has 0 bridgehead atoms. The lowest BCUT2D eigenvalue weighted by atomic mass is 9.92. The quantitative estimate of drug-likeness (QED) is 0.826. The second kappa shape index (κ2) is 6.10. The fraction of sp³-hybridized carbons (Fsp3) is 0.923. The summed E-state index contributed by atoms with van der Waals surface area (Å²) in [6.07, 6.45) is 1.27. The highest BCUT2D eigenvalue weighted by Crippen LogP contribution is 2.22. The standard InChI is InChI=1S/C13H24N2OS/c1-10-3-11(2)7-15(6-10)13(16)9-17-8-12-4-14-5-12/h10-12,14H,3-9H2,1-2H3. The molecule has 0 spiro atoms. The van der Waals surface area contributed by atoms with Gasteiger partial charge in [-0.1, -0.05) is 13.8 Å². The van der Waals surface area contributed by atoms with Crippen molar-refractivity contribution in [3.8, 4) is 0 Å². The lowest BCUT2D eigenvalue weighted by Gasteiger charge is -2.35. The van der Waals surface area contributed by atoms with Crippen LogP contribution in [0, 0.1) is 17.8 Å². The summed E-state index contributed by atoms with van der Waals surface area (Å²) in [4.78, 5) is 14.1. The molecule has 2 heterocycles. The van der Waals surface area contributed by atoms with Gasteiger partial charge in [0.15, 0.2) is 0 Å². The van der Waals surface area contributed by atoms with Crippen LogP contribution >= 0.6 is 11.8 Å². The maximum Gasteiger partial charge on any atom is 0.232 e. The molecule has 0 aromatic rings. The predicted molar refractivity (Wildman–Crippen MR) is 73.2 cm³/mol. The van der Waals surface area contributed by atoms with Crippen molar-refractivity contribution < 1.29 is 4.79 Å². The van der Waals surface area contributed by atoms with Gasteiger partial charge in [0.25, 0.3) is 0 Å². The van der Waals surface area contributed by atoms with Crippen molar-refractivity contribution in [1.82, 2.24) is 10.2 Å². The number of hydrogen-bond acceptors (Lipinski definition) is 3. The van der Waals surface area contributed by atoms with Crippen LogP contribution in [0.2, 0.25) is 0 Å². The monoisotopic (exact) mass is 256 g/mol. The fourth-order valence-electron chi connectivity index (χ4n) is 2.74. The molecule has 2 aliphatic heterocycles. The van der Waals surface area contributed by atoms with Crippen LogP contribution in [0.4, 0.5) is 0 Å². The van der Waals surface area contributed by atoms with Gasteiger partial charge in [0.1, 0.15) is 0 Å². The molecular formula is C13H24N2OS. The zero-order valence-corrected chi connectivity index (χ0v) is 11.8. The van der Waals surface area contributed by atoms with Gasteiger partial charge in [-0.3, -0.25) is 4.79 Å². The summed E-state index contributed by atoms with van der Waals surface area (Å²) in [7, 11) is 0. The van der Waals surface area contributed by atoms with Crippen molar-refractivity contribution in [3.05, 3.63) is 0 Å². The van der Waals surface area contributed by atoms with E-state index in [0.29, 0.717) is 23.5 Å². The maximum atomic E-state index is 12.1. The first kappa shape index (κ1) is 13.2. The minimum absolute atomic E-state index is 0.348. The lowest BCUT2D eigenvalue weighted by molar-refractivity contribution is -0.130. The van der Waals surface area contributed by atoms with Crippen molar-refractivity contribution in [1.29, 1.82) is 0 Å². The van der Waals surface area contributed by atoms with Crippen LogP contribution in [0.5, 0.6) is 0 Å². The molecule has 1 N–H and O–H groups in total. The molecule has 0 saturated carbocycles. The van der Waals surface area contributed by atoms with E-state index in [1.54, 1.807) is 0 Å². The number of carbonyl (C=O) groups is 1. The molecule has 2 saturated heterocycles. The molecule has 2 aliphatic rings. The SMILES string of the molecule is CC1CC(C)CN(C(=O)CSCC2CNC2)C1. The summed E-state index contributed by atoms with van der Waals surface area (Å²) in [6.45, 7) is 8.72. The third-order valence-corrected chi connectivity index (χ3v) is 4.82. The molecule has 1 amide bonds. The number of rotatable bonds is 4. The van der Waals surface area contributed by atoms with E-state index >= 15 is 0 Å². The molecule has 2 atom stereocenters. The van der Waals surface area contributed by atoms with E-state index in [9.17, 15) is 4.79 Å². The smallest absolute Gasteiger partial charge is 0.232 e. The van der Waals surface area contributed by atoms with E-state index < -0.39 is 0 Å². The molecule has 17 heavy (non-hydrogen) atoms. The van der Waals surface area contributed by atoms with Gasteiger partial charge >= 0.3 is 0 Å². The largest absolute Gasteiger partial charge is 0.341 e. The molecular weight excluding hydrogens is 232 g/mol. The van der Waals surface area contributed by atoms with Crippen molar-refractivity contribution in [2.75, 3.05) is 37.7 Å². The number of likely N-dealkylation sites (tertiary alicyclic amines) is 1. The number of thioether (sulfide) groups is 1. The third kappa shape index (κ3) is 3.88. The van der Waals surface area contributed by atoms with Gasteiger partial charge in [0.05, 0.1) is 5.75 Å². The second-order valence-electron chi connectivity index (χ2n) is 5.78. The van der Waals surface area contributed by atoms with Gasteiger partial charge in [-0.2, -0.15) is 11.8 Å². The average molecular weight is 256 g/mol. The van der Waals surface area contributed by atoms with Crippen LogP contribution in [0.15, 0.2) is 0 Å². The summed E-state index contributed by atoms with van der Waals surface area (Å²) in [6, 6.07) is 0. The van der Waals surface area contributed by atoms with Gasteiger partial charge in [0.2, 0.25) is 5.91 Å². The Balaban J connectivity index is 1.67. The summed E-state index contributed by atoms with van der Waals surface area (Å²) in [5.74, 6) is 4.30. The van der Waals surface area contributed by atoms with Crippen LogP contribution in [0.1, 0.15) is 20.3 Å². The van der Waals surface area contributed by atoms with Crippen LogP contribution in [-0.4, -0.2) is 48.5 Å². The van der Waals surface area contributed by atoms with Gasteiger partial charge < -0.3 is 10.2 Å². The molecule has 98 valence electrons. The first-order chi connectivity index (χ1) is 8.15. The number of amides is 1. The number of nitrogens with one attached hydrogen (secondary N) is 1. The van der Waals surface area contributed by atoms with Crippen LogP contribution in [0.25, 0.3) is 0 Å². The molecule has 0 aromatic heterocycles. The Morgan fingerprint density at radius 3 is 2.47 bits per heavy atom. The summed E-state index contributed by atoms with van der Waals surface area (Å²) >= 11 is 1.81. The Morgan fingerprint density at radius 1 is 1.29 bits per heavy atom. The van der Waals surface area contributed by atoms with Gasteiger partial charge in [-0.25, -0.2) is 0 Å². The van der Waals surface area contributed by atoms with Crippen LogP contribution < -0.4 is 5.32 Å². The molecule has 2 rings (SSSR count). The van der Waals surface area contributed by atoms with Crippen molar-refractivity contribution in [2.24, 2.45) is 17.8 Å². The Labute approximate surface area is 109 Å². The van der Waals surface area contributed by atoms with Gasteiger partial charge in [-0.15, -0.1) is 0 Å². The number of carbonyl (C=O) groups excluding carboxylic acids is 1.